The molecule has 78 valence electrons. The minimum Gasteiger partial charge on any atom is -0.389 e. The molecule has 0 fully saturated rings. The summed E-state index contributed by atoms with van der Waals surface area (Å²) in [5.74, 6) is 0. The summed E-state index contributed by atoms with van der Waals surface area (Å²) in [5, 5.41) is 9.69. The number of hydrogen-bond donors (Lipinski definition) is 1. The van der Waals surface area contributed by atoms with Gasteiger partial charge < -0.3 is 9.67 Å². The smallest absolute Gasteiger partial charge is 0.182 e. The molecule has 1 aromatic heterocycles. The van der Waals surface area contributed by atoms with E-state index in [1.807, 2.05) is 18.4 Å². The number of aliphatic hydroxyl groups is 1. The second kappa shape index (κ2) is 3.58. The van der Waals surface area contributed by atoms with Crippen LogP contribution in [0.25, 0.3) is 0 Å². The first kappa shape index (κ1) is 11.0. The molecule has 1 aromatic rings. The Balaban J connectivity index is 3.16. The van der Waals surface area contributed by atoms with Crippen molar-refractivity contribution in [1.29, 1.82) is 0 Å². The minimum atomic E-state index is -0.759. The second-order valence-corrected chi connectivity index (χ2v) is 4.37. The van der Waals surface area contributed by atoms with E-state index >= 15 is 0 Å². The lowest BCUT2D eigenvalue weighted by atomic mass is 10.1. The first-order valence-corrected chi connectivity index (χ1v) is 4.70. The van der Waals surface area contributed by atoms with Crippen molar-refractivity contribution in [3.63, 3.8) is 0 Å². The molecule has 1 N–H and O–H groups in total. The van der Waals surface area contributed by atoms with E-state index in [1.165, 1.54) is 0 Å². The van der Waals surface area contributed by atoms with E-state index < -0.39 is 5.60 Å². The fraction of sp³-hybridized carbons (Fsp3) is 0.545. The number of pyridine rings is 1. The minimum absolute atomic E-state index is 0.0204. The molecule has 0 aliphatic carbocycles. The quantitative estimate of drug-likeness (QED) is 0.771. The highest BCUT2D eigenvalue weighted by Gasteiger charge is 2.14. The average molecular weight is 195 g/mol. The zero-order valence-corrected chi connectivity index (χ0v) is 9.16. The van der Waals surface area contributed by atoms with Crippen molar-refractivity contribution in [3.8, 4) is 0 Å². The molecule has 3 nitrogen and oxygen atoms in total. The van der Waals surface area contributed by atoms with Gasteiger partial charge in [0.05, 0.1) is 12.1 Å². The summed E-state index contributed by atoms with van der Waals surface area (Å²) in [6.45, 7) is 7.76. The Bertz CT molecular complexity index is 359. The predicted octanol–water partition coefficient (Wildman–Crippen LogP) is 1.24. The third kappa shape index (κ3) is 2.70. The number of rotatable bonds is 2. The molecule has 14 heavy (non-hydrogen) atoms. The standard InChI is InChI=1S/C11H17NO2/c1-8-5-10(13)6-9(2)12(8)7-11(3,4)14/h5-6,14H,7H2,1-4H3. The molecular weight excluding hydrogens is 178 g/mol. The molecule has 0 aliphatic rings. The van der Waals surface area contributed by atoms with Crippen LogP contribution < -0.4 is 5.43 Å². The van der Waals surface area contributed by atoms with E-state index in [4.69, 9.17) is 0 Å². The van der Waals surface area contributed by atoms with Crippen molar-refractivity contribution < 1.29 is 5.11 Å². The Hall–Kier alpha value is -1.09. The monoisotopic (exact) mass is 195 g/mol. The Labute approximate surface area is 84.0 Å². The summed E-state index contributed by atoms with van der Waals surface area (Å²) in [4.78, 5) is 11.2. The van der Waals surface area contributed by atoms with Crippen molar-refractivity contribution in [2.45, 2.75) is 39.8 Å². The molecular formula is C11H17NO2. The van der Waals surface area contributed by atoms with Crippen LogP contribution in [0.5, 0.6) is 0 Å². The maximum atomic E-state index is 11.2. The average Bonchev–Trinajstić information content (AvgIpc) is 1.95. The van der Waals surface area contributed by atoms with E-state index in [9.17, 15) is 9.90 Å². The van der Waals surface area contributed by atoms with Crippen LogP contribution in [-0.2, 0) is 6.54 Å². The van der Waals surface area contributed by atoms with Gasteiger partial charge in [-0.15, -0.1) is 0 Å². The molecule has 1 rings (SSSR count). The van der Waals surface area contributed by atoms with Gasteiger partial charge in [-0.25, -0.2) is 0 Å². The molecule has 0 aliphatic heterocycles. The Kier molecular flexibility index (Phi) is 2.81. The van der Waals surface area contributed by atoms with Crippen molar-refractivity contribution in [2.24, 2.45) is 0 Å². The highest BCUT2D eigenvalue weighted by atomic mass is 16.3. The van der Waals surface area contributed by atoms with Gasteiger partial charge in [-0.3, -0.25) is 4.79 Å². The van der Waals surface area contributed by atoms with E-state index in [-0.39, 0.29) is 5.43 Å². The van der Waals surface area contributed by atoms with E-state index in [0.717, 1.165) is 11.4 Å². The predicted molar refractivity (Wildman–Crippen MR) is 56.5 cm³/mol. The van der Waals surface area contributed by atoms with Crippen LogP contribution in [0, 0.1) is 13.8 Å². The topological polar surface area (TPSA) is 42.2 Å². The van der Waals surface area contributed by atoms with E-state index in [0.29, 0.717) is 6.54 Å². The fourth-order valence-corrected chi connectivity index (χ4v) is 1.52. The van der Waals surface area contributed by atoms with Crippen molar-refractivity contribution in [2.75, 3.05) is 0 Å². The van der Waals surface area contributed by atoms with E-state index in [2.05, 4.69) is 0 Å². The zero-order chi connectivity index (χ0) is 10.9. The van der Waals surface area contributed by atoms with Crippen LogP contribution in [0.15, 0.2) is 16.9 Å². The summed E-state index contributed by atoms with van der Waals surface area (Å²) >= 11 is 0. The number of aryl methyl sites for hydroxylation is 2. The molecule has 3 heteroatoms. The summed E-state index contributed by atoms with van der Waals surface area (Å²) < 4.78 is 1.95. The fourth-order valence-electron chi connectivity index (χ4n) is 1.52. The summed E-state index contributed by atoms with van der Waals surface area (Å²) in [6, 6.07) is 3.16. The van der Waals surface area contributed by atoms with Crippen LogP contribution in [0.4, 0.5) is 0 Å². The van der Waals surface area contributed by atoms with Gasteiger partial charge in [0.25, 0.3) is 0 Å². The van der Waals surface area contributed by atoms with Gasteiger partial charge in [-0.05, 0) is 27.7 Å². The highest BCUT2D eigenvalue weighted by Crippen LogP contribution is 2.09. The molecule has 0 unspecified atom stereocenters. The Morgan fingerprint density at radius 3 is 2.07 bits per heavy atom. The van der Waals surface area contributed by atoms with Gasteiger partial charge in [0.15, 0.2) is 5.43 Å². The number of aromatic nitrogens is 1. The lowest BCUT2D eigenvalue weighted by molar-refractivity contribution is 0.0601. The SMILES string of the molecule is Cc1cc(=O)cc(C)n1CC(C)(C)O. The molecule has 1 heterocycles. The van der Waals surface area contributed by atoms with E-state index in [1.54, 1.807) is 26.0 Å². The highest BCUT2D eigenvalue weighted by molar-refractivity contribution is 5.12. The maximum Gasteiger partial charge on any atom is 0.182 e. The van der Waals surface area contributed by atoms with Crippen molar-refractivity contribution in [3.05, 3.63) is 33.7 Å². The number of hydrogen-bond acceptors (Lipinski definition) is 2. The van der Waals surface area contributed by atoms with Gasteiger partial charge in [0.1, 0.15) is 0 Å². The molecule has 0 spiro atoms. The molecule has 0 bridgehead atoms. The lowest BCUT2D eigenvalue weighted by Crippen LogP contribution is -2.29. The molecule has 0 saturated heterocycles. The van der Waals surface area contributed by atoms with Crippen LogP contribution in [-0.4, -0.2) is 15.3 Å². The first-order valence-electron chi connectivity index (χ1n) is 4.70. The van der Waals surface area contributed by atoms with Crippen LogP contribution in [0.2, 0.25) is 0 Å². The second-order valence-electron chi connectivity index (χ2n) is 4.37. The normalized spacial score (nSPS) is 11.8. The van der Waals surface area contributed by atoms with Gasteiger partial charge >= 0.3 is 0 Å². The maximum absolute atomic E-state index is 11.2. The summed E-state index contributed by atoms with van der Waals surface area (Å²) in [7, 11) is 0. The molecule has 0 saturated carbocycles. The molecule has 0 aromatic carbocycles. The van der Waals surface area contributed by atoms with Gasteiger partial charge in [-0.2, -0.15) is 0 Å². The van der Waals surface area contributed by atoms with Crippen molar-refractivity contribution in [1.82, 2.24) is 4.57 Å². The summed E-state index contributed by atoms with van der Waals surface area (Å²) in [6.07, 6.45) is 0. The molecule has 0 atom stereocenters. The lowest BCUT2D eigenvalue weighted by Gasteiger charge is -2.23. The summed E-state index contributed by atoms with van der Waals surface area (Å²) in [5.41, 5.74) is 1.03. The number of nitrogens with zero attached hydrogens (tertiary/aromatic N) is 1. The zero-order valence-electron chi connectivity index (χ0n) is 9.16. The Morgan fingerprint density at radius 1 is 1.29 bits per heavy atom. The van der Waals surface area contributed by atoms with Crippen LogP contribution in [0.1, 0.15) is 25.2 Å². The first-order chi connectivity index (χ1) is 6.29. The van der Waals surface area contributed by atoms with Gasteiger partial charge in [0, 0.05) is 23.5 Å². The van der Waals surface area contributed by atoms with Crippen LogP contribution >= 0.6 is 0 Å². The van der Waals surface area contributed by atoms with Gasteiger partial charge in [0.2, 0.25) is 0 Å². The van der Waals surface area contributed by atoms with Crippen LogP contribution in [0.3, 0.4) is 0 Å². The largest absolute Gasteiger partial charge is 0.389 e. The third-order valence-electron chi connectivity index (χ3n) is 2.10. The van der Waals surface area contributed by atoms with Gasteiger partial charge in [-0.1, -0.05) is 0 Å². The van der Waals surface area contributed by atoms with Crippen molar-refractivity contribution >= 4 is 0 Å². The third-order valence-corrected chi connectivity index (χ3v) is 2.10. The molecule has 0 amide bonds. The molecule has 0 radical (unpaired) electrons. The Morgan fingerprint density at radius 2 is 1.71 bits per heavy atom.